The van der Waals surface area contributed by atoms with Crippen molar-refractivity contribution in [2.45, 2.75) is 9.79 Å². The number of hydrogen-bond donors (Lipinski definition) is 8. The van der Waals surface area contributed by atoms with Gasteiger partial charge in [-0.2, -0.15) is 40.2 Å². The average molecular weight is 656 g/mol. The molecule has 0 fully saturated rings. The predicted octanol–water partition coefficient (Wildman–Crippen LogP) is 1.85. The molecule has 0 radical (unpaired) electrons. The Hall–Kier alpha value is -4.74. The minimum Gasteiger partial charge on any atom is -0.507 e. The Bertz CT molecular complexity index is 2110. The number of azo groups is 1. The summed E-state index contributed by atoms with van der Waals surface area (Å²) in [6.45, 7) is -0.269. The summed E-state index contributed by atoms with van der Waals surface area (Å²) in [4.78, 5) is 10.2. The van der Waals surface area contributed by atoms with Gasteiger partial charge in [0.05, 0.1) is 21.7 Å². The van der Waals surface area contributed by atoms with Crippen LogP contribution in [0.4, 0.5) is 40.6 Å². The fraction of sp³-hybridized carbons (Fsp3) is 0.0952. The van der Waals surface area contributed by atoms with E-state index in [1.165, 1.54) is 18.2 Å². The number of fused-ring (bicyclic) bond motifs is 1. The van der Waals surface area contributed by atoms with Gasteiger partial charge in [-0.1, -0.05) is 6.07 Å². The Kier molecular flexibility index (Phi) is 8.35. The molecule has 10 N–H and O–H groups in total. The summed E-state index contributed by atoms with van der Waals surface area (Å²) in [5.74, 6) is -1.94. The van der Waals surface area contributed by atoms with Crippen LogP contribution < -0.4 is 22.1 Å². The summed E-state index contributed by atoms with van der Waals surface area (Å²) < 4.78 is 97.2. The second-order valence-electron chi connectivity index (χ2n) is 8.56. The molecule has 43 heavy (non-hydrogen) atoms. The lowest BCUT2D eigenvalue weighted by Gasteiger charge is -2.11. The van der Waals surface area contributed by atoms with E-state index >= 15 is 0 Å². The van der Waals surface area contributed by atoms with E-state index in [-0.39, 0.29) is 57.9 Å². The van der Waals surface area contributed by atoms with E-state index in [9.17, 15) is 39.5 Å². The summed E-state index contributed by atoms with van der Waals surface area (Å²) in [6, 6.07) is 7.88. The highest BCUT2D eigenvalue weighted by Gasteiger charge is 2.20. The molecule has 1 aromatic heterocycles. The van der Waals surface area contributed by atoms with Crippen LogP contribution in [0.2, 0.25) is 0 Å². The van der Waals surface area contributed by atoms with Crippen molar-refractivity contribution in [1.82, 2.24) is 15.0 Å². The van der Waals surface area contributed by atoms with Crippen molar-refractivity contribution in [3.8, 4) is 5.75 Å². The second-order valence-corrected chi connectivity index (χ2v) is 12.9. The van der Waals surface area contributed by atoms with E-state index in [4.69, 9.17) is 16.0 Å². The number of nitrogens with one attached hydrogen (secondary N) is 2. The molecule has 1 heterocycles. The van der Waals surface area contributed by atoms with Crippen molar-refractivity contribution in [1.29, 1.82) is 0 Å². The van der Waals surface area contributed by atoms with Crippen LogP contribution >= 0.6 is 0 Å². The first kappa shape index (κ1) is 31.2. The van der Waals surface area contributed by atoms with Crippen molar-refractivity contribution < 1.29 is 44.0 Å². The topological polar surface area (TPSA) is 323 Å². The lowest BCUT2D eigenvalue weighted by molar-refractivity contribution is 0.471. The molecule has 0 bridgehead atoms. The van der Waals surface area contributed by atoms with Crippen LogP contribution in [0.25, 0.3) is 10.8 Å². The molecule has 0 aliphatic carbocycles. The number of nitrogens with two attached hydrogens (primary N) is 2. The van der Waals surface area contributed by atoms with Gasteiger partial charge in [0.25, 0.3) is 30.4 Å². The van der Waals surface area contributed by atoms with Crippen LogP contribution in [0.1, 0.15) is 0 Å². The Balaban J connectivity index is 1.69. The minimum atomic E-state index is -4.92. The first-order chi connectivity index (χ1) is 19.9. The molecule has 4 rings (SSSR count). The number of benzene rings is 3. The third kappa shape index (κ3) is 7.76. The van der Waals surface area contributed by atoms with E-state index < -0.39 is 51.6 Å². The third-order valence-corrected chi connectivity index (χ3v) is 7.85. The molecule has 4 aromatic rings. The van der Waals surface area contributed by atoms with Gasteiger partial charge in [0, 0.05) is 18.3 Å². The zero-order valence-electron chi connectivity index (χ0n) is 21.3. The first-order valence-corrected chi connectivity index (χ1v) is 15.9. The van der Waals surface area contributed by atoms with Crippen LogP contribution in [0, 0.1) is 0 Å². The zero-order chi connectivity index (χ0) is 31.7. The van der Waals surface area contributed by atoms with Gasteiger partial charge in [0.1, 0.15) is 22.0 Å². The third-order valence-electron chi connectivity index (χ3n) is 5.42. The molecular weight excluding hydrogens is 634 g/mol. The van der Waals surface area contributed by atoms with Gasteiger partial charge in [-0.15, -0.1) is 10.2 Å². The van der Waals surface area contributed by atoms with Crippen molar-refractivity contribution >= 4 is 81.7 Å². The lowest BCUT2D eigenvalue weighted by atomic mass is 10.1. The number of aromatic nitrogens is 3. The van der Waals surface area contributed by atoms with E-state index in [2.05, 4.69) is 35.8 Å². The first-order valence-electron chi connectivity index (χ1n) is 11.4. The van der Waals surface area contributed by atoms with E-state index in [0.29, 0.717) is 0 Å². The summed E-state index contributed by atoms with van der Waals surface area (Å²) in [5, 5.41) is 23.4. The maximum absolute atomic E-state index is 12.2. The van der Waals surface area contributed by atoms with Crippen LogP contribution in [0.15, 0.2) is 62.5 Å². The second kappa shape index (κ2) is 11.5. The monoisotopic (exact) mass is 655 g/mol. The normalized spacial score (nSPS) is 12.5. The summed E-state index contributed by atoms with van der Waals surface area (Å²) in [7, 11) is -13.8. The van der Waals surface area contributed by atoms with Gasteiger partial charge >= 0.3 is 0 Å². The summed E-state index contributed by atoms with van der Waals surface area (Å²) in [6.07, 6.45) is 0. The fourth-order valence-electron chi connectivity index (χ4n) is 3.60. The van der Waals surface area contributed by atoms with Gasteiger partial charge in [0.15, 0.2) is 0 Å². The van der Waals surface area contributed by atoms with Crippen LogP contribution in [0.5, 0.6) is 5.75 Å². The lowest BCUT2D eigenvalue weighted by Crippen LogP contribution is -2.17. The molecule has 0 atom stereocenters. The van der Waals surface area contributed by atoms with E-state index in [1.54, 1.807) is 0 Å². The number of nitrogens with zero attached hydrogens (tertiary/aromatic N) is 5. The van der Waals surface area contributed by atoms with Crippen LogP contribution in [-0.4, -0.2) is 71.3 Å². The maximum atomic E-state index is 12.2. The quantitative estimate of drug-likeness (QED) is 0.0686. The van der Waals surface area contributed by atoms with Gasteiger partial charge in [-0.3, -0.25) is 13.7 Å². The number of aromatic hydroxyl groups is 1. The van der Waals surface area contributed by atoms with Crippen molar-refractivity contribution in [2.24, 2.45) is 10.2 Å². The van der Waals surface area contributed by atoms with Gasteiger partial charge in [-0.05, 0) is 35.7 Å². The minimum absolute atomic E-state index is 0.0149. The molecule has 0 saturated carbocycles. The molecule has 0 saturated heterocycles. The molecule has 0 spiro atoms. The van der Waals surface area contributed by atoms with Crippen molar-refractivity contribution in [2.75, 3.05) is 34.4 Å². The van der Waals surface area contributed by atoms with Crippen LogP contribution in [0.3, 0.4) is 0 Å². The molecule has 22 heteroatoms. The average Bonchev–Trinajstić information content (AvgIpc) is 2.86. The van der Waals surface area contributed by atoms with Crippen molar-refractivity contribution in [3.63, 3.8) is 0 Å². The van der Waals surface area contributed by atoms with Gasteiger partial charge in [-0.25, -0.2) is 0 Å². The van der Waals surface area contributed by atoms with Gasteiger partial charge in [0.2, 0.25) is 17.8 Å². The molecule has 0 unspecified atom stereocenters. The maximum Gasteiger partial charge on any atom is 0.296 e. The van der Waals surface area contributed by atoms with Crippen LogP contribution in [-0.2, 0) is 30.4 Å². The number of nitrogen functional groups attached to an aromatic ring is 2. The Morgan fingerprint density at radius 1 is 0.814 bits per heavy atom. The highest BCUT2D eigenvalue weighted by atomic mass is 32.2. The largest absolute Gasteiger partial charge is 0.507 e. The predicted molar refractivity (Wildman–Crippen MR) is 153 cm³/mol. The Labute approximate surface area is 243 Å². The molecule has 3 aromatic carbocycles. The Morgan fingerprint density at radius 2 is 1.51 bits per heavy atom. The smallest absolute Gasteiger partial charge is 0.296 e. The van der Waals surface area contributed by atoms with Gasteiger partial charge < -0.3 is 27.2 Å². The number of rotatable bonds is 10. The Morgan fingerprint density at radius 3 is 2.16 bits per heavy atom. The molecular formula is C21H21N9O10S3. The summed E-state index contributed by atoms with van der Waals surface area (Å²) in [5.41, 5.74) is 11.0. The molecule has 0 aliphatic rings. The SMILES string of the molecule is Nc1nc(NCCS(=O)(=O)O)nc(Nc2ccc(N=Nc3c(N)ccc4cc(S(=O)(=O)O)cc(O)c34)c(S(=O)(=O)O)c2)n1. The molecule has 19 nitrogen and oxygen atoms in total. The number of phenols is 1. The number of anilines is 5. The van der Waals surface area contributed by atoms with E-state index in [1.807, 2.05) is 0 Å². The highest BCUT2D eigenvalue weighted by molar-refractivity contribution is 7.86. The summed E-state index contributed by atoms with van der Waals surface area (Å²) >= 11 is 0. The molecule has 228 valence electrons. The van der Waals surface area contributed by atoms with Crippen molar-refractivity contribution in [3.05, 3.63) is 42.5 Å². The highest BCUT2D eigenvalue weighted by Crippen LogP contribution is 2.41. The number of hydrogen-bond acceptors (Lipinski definition) is 16. The molecule has 0 aliphatic heterocycles. The van der Waals surface area contributed by atoms with E-state index in [0.717, 1.165) is 24.3 Å². The standard InChI is InChI=1S/C21H21N9O10S3/c22-13-3-1-10-7-12(42(35,36)37)9-15(31)17(10)18(13)30-29-14-4-2-11(8-16(14)43(38,39)40)25-21-27-19(23)26-20(28-21)24-5-6-41(32,33)34/h1-4,7-9,31H,5-6,22H2,(H,32,33,34)(H,35,36,37)(H,38,39,40)(H4,23,24,25,26,27,28). The fourth-order valence-corrected chi connectivity index (χ4v) is 5.15. The molecule has 0 amide bonds. The zero-order valence-corrected chi connectivity index (χ0v) is 23.8. The number of phenolic OH excluding ortho intramolecular Hbond substituents is 1.